The van der Waals surface area contributed by atoms with E-state index in [9.17, 15) is 4.79 Å². The number of hydrogen-bond donors (Lipinski definition) is 1. The van der Waals surface area contributed by atoms with Crippen LogP contribution in [0.4, 0.5) is 10.6 Å². The number of carbonyl (C=O) groups excluding carboxylic acids is 1. The van der Waals surface area contributed by atoms with Crippen LogP contribution < -0.4 is 10.1 Å². The van der Waals surface area contributed by atoms with Gasteiger partial charge in [-0.1, -0.05) is 46.3 Å². The zero-order chi connectivity index (χ0) is 21.7. The summed E-state index contributed by atoms with van der Waals surface area (Å²) in [6, 6.07) is 17.8. The van der Waals surface area contributed by atoms with Crippen LogP contribution in [0.15, 0.2) is 59.1 Å². The number of anilines is 1. The molecule has 158 valence electrons. The number of carbonyl (C=O) groups is 1. The number of hydrogen-bond acceptors (Lipinski definition) is 4. The van der Waals surface area contributed by atoms with Gasteiger partial charge < -0.3 is 9.47 Å². The second-order valence-corrected chi connectivity index (χ2v) is 8.90. The highest BCUT2D eigenvalue weighted by Crippen LogP contribution is 2.26. The number of aromatic nitrogens is 2. The van der Waals surface area contributed by atoms with Crippen LogP contribution in [0.2, 0.25) is 0 Å². The van der Waals surface area contributed by atoms with Crippen LogP contribution in [0.1, 0.15) is 37.6 Å². The Bertz CT molecular complexity index is 1010. The minimum Gasteiger partial charge on any atom is -0.489 e. The van der Waals surface area contributed by atoms with E-state index >= 15 is 0 Å². The minimum atomic E-state index is -0.566. The van der Waals surface area contributed by atoms with E-state index in [1.165, 1.54) is 0 Å². The summed E-state index contributed by atoms with van der Waals surface area (Å²) in [7, 11) is 0. The minimum absolute atomic E-state index is 0.448. The van der Waals surface area contributed by atoms with E-state index in [2.05, 4.69) is 26.3 Å². The molecule has 0 saturated carbocycles. The molecule has 7 heteroatoms. The summed E-state index contributed by atoms with van der Waals surface area (Å²) in [6.07, 6.45) is -0.526. The van der Waals surface area contributed by atoms with Crippen molar-refractivity contribution < 1.29 is 14.3 Å². The fourth-order valence-electron chi connectivity index (χ4n) is 2.85. The van der Waals surface area contributed by atoms with Gasteiger partial charge in [0.15, 0.2) is 5.82 Å². The lowest BCUT2D eigenvalue weighted by atomic mass is 10.2. The smallest absolute Gasteiger partial charge is 0.413 e. The molecule has 1 heterocycles. The quantitative estimate of drug-likeness (QED) is 0.483. The summed E-state index contributed by atoms with van der Waals surface area (Å²) < 4.78 is 14.1. The summed E-state index contributed by atoms with van der Waals surface area (Å²) >= 11 is 3.53. The van der Waals surface area contributed by atoms with Gasteiger partial charge in [-0.15, -0.1) is 0 Å². The van der Waals surface area contributed by atoms with E-state index in [4.69, 9.17) is 9.47 Å². The molecular weight excluding hydrogens is 446 g/mol. The number of aryl methyl sites for hydroxylation is 1. The van der Waals surface area contributed by atoms with Gasteiger partial charge in [0.2, 0.25) is 0 Å². The van der Waals surface area contributed by atoms with Crippen molar-refractivity contribution in [3.8, 4) is 5.75 Å². The SMILES string of the molecule is Cc1cc(NC(=O)OC(C)(C)C)nn1Cc1cc(Br)ccc1OCc1ccccc1. The lowest BCUT2D eigenvalue weighted by Crippen LogP contribution is -2.27. The van der Waals surface area contributed by atoms with E-state index in [1.54, 1.807) is 0 Å². The topological polar surface area (TPSA) is 65.4 Å². The summed E-state index contributed by atoms with van der Waals surface area (Å²) in [4.78, 5) is 12.0. The Labute approximate surface area is 185 Å². The van der Waals surface area contributed by atoms with Gasteiger partial charge in [-0.2, -0.15) is 5.10 Å². The first-order valence-electron chi connectivity index (χ1n) is 9.69. The predicted octanol–water partition coefficient (Wildman–Crippen LogP) is 5.93. The summed E-state index contributed by atoms with van der Waals surface area (Å²) in [5, 5.41) is 7.18. The van der Waals surface area contributed by atoms with Crippen molar-refractivity contribution in [1.82, 2.24) is 9.78 Å². The van der Waals surface area contributed by atoms with Crippen LogP contribution in [-0.2, 0) is 17.9 Å². The van der Waals surface area contributed by atoms with Crippen LogP contribution in [0.3, 0.4) is 0 Å². The third-order valence-electron chi connectivity index (χ3n) is 4.19. The van der Waals surface area contributed by atoms with E-state index in [0.29, 0.717) is 19.0 Å². The first-order valence-corrected chi connectivity index (χ1v) is 10.5. The first kappa shape index (κ1) is 21.9. The van der Waals surface area contributed by atoms with Gasteiger partial charge in [-0.05, 0) is 51.5 Å². The zero-order valence-corrected chi connectivity index (χ0v) is 19.2. The van der Waals surface area contributed by atoms with Gasteiger partial charge in [0.25, 0.3) is 0 Å². The number of rotatable bonds is 6. The maximum atomic E-state index is 12.0. The van der Waals surface area contributed by atoms with Crippen molar-refractivity contribution in [2.24, 2.45) is 0 Å². The third kappa shape index (κ3) is 6.35. The lowest BCUT2D eigenvalue weighted by Gasteiger charge is -2.19. The fraction of sp³-hybridized carbons (Fsp3) is 0.304. The molecule has 0 atom stereocenters. The third-order valence-corrected chi connectivity index (χ3v) is 4.68. The molecule has 2 aromatic carbocycles. The molecule has 0 saturated heterocycles. The molecule has 3 rings (SSSR count). The van der Waals surface area contributed by atoms with Crippen LogP contribution in [-0.4, -0.2) is 21.5 Å². The van der Waals surface area contributed by atoms with Gasteiger partial charge in [-0.3, -0.25) is 10.00 Å². The number of halogens is 1. The standard InChI is InChI=1S/C23H26BrN3O3/c1-16-12-21(25-22(28)30-23(2,3)4)26-27(16)14-18-13-19(24)10-11-20(18)29-15-17-8-6-5-7-9-17/h5-13H,14-15H2,1-4H3,(H,25,26,28). The normalized spacial score (nSPS) is 11.2. The molecule has 1 N–H and O–H groups in total. The van der Waals surface area contributed by atoms with Gasteiger partial charge in [0.1, 0.15) is 18.0 Å². The Morgan fingerprint density at radius 3 is 2.57 bits per heavy atom. The predicted molar refractivity (Wildman–Crippen MR) is 121 cm³/mol. The Morgan fingerprint density at radius 2 is 1.87 bits per heavy atom. The zero-order valence-electron chi connectivity index (χ0n) is 17.6. The van der Waals surface area contributed by atoms with Gasteiger partial charge in [0.05, 0.1) is 6.54 Å². The molecule has 0 radical (unpaired) electrons. The van der Waals surface area contributed by atoms with Crippen LogP contribution in [0, 0.1) is 6.92 Å². The molecule has 0 bridgehead atoms. The van der Waals surface area contributed by atoms with Crippen LogP contribution in [0.5, 0.6) is 5.75 Å². The molecule has 3 aromatic rings. The average molecular weight is 472 g/mol. The van der Waals surface area contributed by atoms with Crippen molar-refractivity contribution in [1.29, 1.82) is 0 Å². The summed E-state index contributed by atoms with van der Waals surface area (Å²) in [6.45, 7) is 8.39. The van der Waals surface area contributed by atoms with Gasteiger partial charge in [0, 0.05) is 21.8 Å². The number of benzene rings is 2. The monoisotopic (exact) mass is 471 g/mol. The first-order chi connectivity index (χ1) is 14.2. The van der Waals surface area contributed by atoms with E-state index in [-0.39, 0.29) is 0 Å². The highest BCUT2D eigenvalue weighted by atomic mass is 79.9. The molecule has 1 aromatic heterocycles. The molecule has 30 heavy (non-hydrogen) atoms. The molecule has 0 aliphatic carbocycles. The molecule has 0 unspecified atom stereocenters. The number of ether oxygens (including phenoxy) is 2. The van der Waals surface area contributed by atoms with Crippen molar-refractivity contribution in [3.05, 3.63) is 75.9 Å². The maximum absolute atomic E-state index is 12.0. The molecule has 0 spiro atoms. The molecule has 6 nitrogen and oxygen atoms in total. The number of nitrogens with zero attached hydrogens (tertiary/aromatic N) is 2. The van der Waals surface area contributed by atoms with Crippen molar-refractivity contribution >= 4 is 27.8 Å². The van der Waals surface area contributed by atoms with Crippen LogP contribution >= 0.6 is 15.9 Å². The number of nitrogens with one attached hydrogen (secondary N) is 1. The van der Waals surface area contributed by atoms with Crippen molar-refractivity contribution in [2.45, 2.75) is 46.4 Å². The Morgan fingerprint density at radius 1 is 1.13 bits per heavy atom. The van der Waals surface area contributed by atoms with E-state index < -0.39 is 11.7 Å². The van der Waals surface area contributed by atoms with Crippen molar-refractivity contribution in [3.63, 3.8) is 0 Å². The average Bonchev–Trinajstić information content (AvgIpc) is 2.99. The second-order valence-electron chi connectivity index (χ2n) is 7.98. The Kier molecular flexibility index (Phi) is 6.82. The highest BCUT2D eigenvalue weighted by Gasteiger charge is 2.18. The Balaban J connectivity index is 1.73. The molecule has 0 aliphatic rings. The molecule has 0 fully saturated rings. The Hall–Kier alpha value is -2.80. The van der Waals surface area contributed by atoms with E-state index in [1.807, 2.05) is 87.0 Å². The number of amides is 1. The second kappa shape index (κ2) is 9.34. The molecule has 1 amide bonds. The summed E-state index contributed by atoms with van der Waals surface area (Å²) in [5.41, 5.74) is 2.43. The van der Waals surface area contributed by atoms with Crippen molar-refractivity contribution in [2.75, 3.05) is 5.32 Å². The largest absolute Gasteiger partial charge is 0.489 e. The molecule has 0 aliphatic heterocycles. The summed E-state index contributed by atoms with van der Waals surface area (Å²) in [5.74, 6) is 1.24. The van der Waals surface area contributed by atoms with Gasteiger partial charge in [-0.25, -0.2) is 4.79 Å². The fourth-order valence-corrected chi connectivity index (χ4v) is 3.26. The van der Waals surface area contributed by atoms with Gasteiger partial charge >= 0.3 is 6.09 Å². The molecular formula is C23H26BrN3O3. The maximum Gasteiger partial charge on any atom is 0.413 e. The highest BCUT2D eigenvalue weighted by molar-refractivity contribution is 9.10. The van der Waals surface area contributed by atoms with E-state index in [0.717, 1.165) is 27.0 Å². The van der Waals surface area contributed by atoms with Crippen LogP contribution in [0.25, 0.3) is 0 Å². The lowest BCUT2D eigenvalue weighted by molar-refractivity contribution is 0.0635.